The molecule has 0 bridgehead atoms. The van der Waals surface area contributed by atoms with E-state index in [0.29, 0.717) is 28.5 Å². The highest BCUT2D eigenvalue weighted by Gasteiger charge is 2.15. The molecule has 0 spiro atoms. The third-order valence-corrected chi connectivity index (χ3v) is 4.45. The quantitative estimate of drug-likeness (QED) is 0.556. The molecular weight excluding hydrogens is 399 g/mol. The number of nitrogens with zero attached hydrogens (tertiary/aromatic N) is 5. The second-order valence-electron chi connectivity index (χ2n) is 6.21. The van der Waals surface area contributed by atoms with Gasteiger partial charge in [-0.2, -0.15) is 0 Å². The molecule has 146 valence electrons. The van der Waals surface area contributed by atoms with Gasteiger partial charge in [0.1, 0.15) is 18.2 Å². The zero-order valence-corrected chi connectivity index (χ0v) is 15.9. The van der Waals surface area contributed by atoms with Gasteiger partial charge in [0.2, 0.25) is 5.91 Å². The Hall–Kier alpha value is -3.59. The minimum atomic E-state index is -0.590. The van der Waals surface area contributed by atoms with E-state index in [1.54, 1.807) is 31.3 Å². The molecular formula is C19H14ClFN6O2. The Morgan fingerprint density at radius 3 is 2.76 bits per heavy atom. The van der Waals surface area contributed by atoms with Crippen LogP contribution in [0.25, 0.3) is 17.0 Å². The molecule has 8 nitrogen and oxygen atoms in total. The first-order valence-corrected chi connectivity index (χ1v) is 8.94. The lowest BCUT2D eigenvalue weighted by atomic mass is 10.2. The molecule has 0 aliphatic carbocycles. The molecule has 0 radical (unpaired) electrons. The van der Waals surface area contributed by atoms with Gasteiger partial charge in [0.15, 0.2) is 5.65 Å². The maximum absolute atomic E-state index is 13.2. The highest BCUT2D eigenvalue weighted by molar-refractivity contribution is 6.31. The predicted molar refractivity (Wildman–Crippen MR) is 105 cm³/mol. The lowest BCUT2D eigenvalue weighted by Gasteiger charge is -2.05. The number of rotatable bonds is 4. The van der Waals surface area contributed by atoms with Crippen LogP contribution >= 0.6 is 11.6 Å². The highest BCUT2D eigenvalue weighted by atomic mass is 35.5. The number of benzene rings is 1. The van der Waals surface area contributed by atoms with Gasteiger partial charge in [-0.05, 0) is 37.3 Å². The number of halogens is 2. The van der Waals surface area contributed by atoms with Gasteiger partial charge in [0.25, 0.3) is 0 Å². The van der Waals surface area contributed by atoms with Gasteiger partial charge in [-0.1, -0.05) is 17.7 Å². The number of aryl methyl sites for hydroxylation is 1. The number of hydrogen-bond acceptors (Lipinski definition) is 5. The third-order valence-electron chi connectivity index (χ3n) is 4.16. The molecule has 0 atom stereocenters. The number of carbonyl (C=O) groups excluding carboxylic acids is 1. The smallest absolute Gasteiger partial charge is 0.324 e. The second kappa shape index (κ2) is 7.44. The van der Waals surface area contributed by atoms with Crippen LogP contribution in [0.1, 0.15) is 5.82 Å². The van der Waals surface area contributed by atoms with Crippen molar-refractivity contribution >= 4 is 28.8 Å². The summed E-state index contributed by atoms with van der Waals surface area (Å²) in [4.78, 5) is 33.6. The molecule has 3 heterocycles. The van der Waals surface area contributed by atoms with Crippen molar-refractivity contribution in [2.24, 2.45) is 0 Å². The Morgan fingerprint density at radius 1 is 1.21 bits per heavy atom. The molecule has 1 N–H and O–H groups in total. The van der Waals surface area contributed by atoms with Crippen LogP contribution in [0.3, 0.4) is 0 Å². The number of fused-ring (bicyclic) bond motifs is 1. The summed E-state index contributed by atoms with van der Waals surface area (Å²) in [6, 6.07) is 10.9. The molecule has 10 heteroatoms. The maximum atomic E-state index is 13.2. The second-order valence-corrected chi connectivity index (χ2v) is 6.62. The molecule has 3 aromatic heterocycles. The number of carbonyl (C=O) groups is 1. The van der Waals surface area contributed by atoms with E-state index in [1.807, 2.05) is 6.07 Å². The van der Waals surface area contributed by atoms with Crippen LogP contribution < -0.4 is 11.0 Å². The Bertz CT molecular complexity index is 1290. The Balaban J connectivity index is 1.63. The van der Waals surface area contributed by atoms with E-state index in [2.05, 4.69) is 20.4 Å². The first-order chi connectivity index (χ1) is 13.9. The first kappa shape index (κ1) is 18.8. The third kappa shape index (κ3) is 3.72. The number of amides is 1. The van der Waals surface area contributed by atoms with Crippen molar-refractivity contribution in [3.63, 3.8) is 0 Å². The van der Waals surface area contributed by atoms with E-state index in [4.69, 9.17) is 11.6 Å². The van der Waals surface area contributed by atoms with Crippen molar-refractivity contribution in [1.29, 1.82) is 0 Å². The topological polar surface area (TPSA) is 94.2 Å². The van der Waals surface area contributed by atoms with Gasteiger partial charge < -0.3 is 5.32 Å². The summed E-state index contributed by atoms with van der Waals surface area (Å²) in [5, 5.41) is 6.67. The summed E-state index contributed by atoms with van der Waals surface area (Å²) < 4.78 is 15.6. The van der Waals surface area contributed by atoms with E-state index >= 15 is 0 Å². The summed E-state index contributed by atoms with van der Waals surface area (Å²) in [5.41, 5.74) is 1.38. The fourth-order valence-corrected chi connectivity index (χ4v) is 3.04. The summed E-state index contributed by atoms with van der Waals surface area (Å²) in [6.45, 7) is 1.35. The SMILES string of the molecule is Cc1nc(-c2ccccn2)cc2nn(CC(=O)Nc3ccc(F)c(Cl)c3)c(=O)n12. The maximum Gasteiger partial charge on any atom is 0.352 e. The minimum absolute atomic E-state index is 0.114. The van der Waals surface area contributed by atoms with Crippen molar-refractivity contribution < 1.29 is 9.18 Å². The summed E-state index contributed by atoms with van der Waals surface area (Å²) >= 11 is 5.71. The molecule has 29 heavy (non-hydrogen) atoms. The van der Waals surface area contributed by atoms with Gasteiger partial charge in [0, 0.05) is 18.0 Å². The molecule has 0 aliphatic rings. The van der Waals surface area contributed by atoms with E-state index in [9.17, 15) is 14.0 Å². The molecule has 0 fully saturated rings. The number of anilines is 1. The van der Waals surface area contributed by atoms with Crippen molar-refractivity contribution in [3.8, 4) is 11.4 Å². The monoisotopic (exact) mass is 412 g/mol. The van der Waals surface area contributed by atoms with Crippen molar-refractivity contribution in [1.82, 2.24) is 24.1 Å². The van der Waals surface area contributed by atoms with Crippen LogP contribution in [0, 0.1) is 12.7 Å². The normalized spacial score (nSPS) is 11.0. The Morgan fingerprint density at radius 2 is 2.03 bits per heavy atom. The molecule has 4 aromatic rings. The molecule has 1 amide bonds. The van der Waals surface area contributed by atoms with E-state index in [-0.39, 0.29) is 11.6 Å². The number of hydrogen-bond donors (Lipinski definition) is 1. The first-order valence-electron chi connectivity index (χ1n) is 8.56. The molecule has 1 aromatic carbocycles. The highest BCUT2D eigenvalue weighted by Crippen LogP contribution is 2.19. The van der Waals surface area contributed by atoms with Crippen LogP contribution in [-0.4, -0.2) is 30.1 Å². The molecule has 0 saturated carbocycles. The van der Waals surface area contributed by atoms with Crippen LogP contribution in [-0.2, 0) is 11.3 Å². The summed E-state index contributed by atoms with van der Waals surface area (Å²) in [5.74, 6) is -0.674. The number of nitrogens with one attached hydrogen (secondary N) is 1. The Labute approximate surface area is 168 Å². The van der Waals surface area contributed by atoms with Crippen molar-refractivity contribution in [2.75, 3.05) is 5.32 Å². The van der Waals surface area contributed by atoms with Crippen LogP contribution in [0.2, 0.25) is 5.02 Å². The van der Waals surface area contributed by atoms with Gasteiger partial charge in [-0.3, -0.25) is 9.78 Å². The largest absolute Gasteiger partial charge is 0.352 e. The van der Waals surface area contributed by atoms with Gasteiger partial charge >= 0.3 is 5.69 Å². The average Bonchev–Trinajstić information content (AvgIpc) is 3.01. The Kier molecular flexibility index (Phi) is 4.81. The lowest BCUT2D eigenvalue weighted by Crippen LogP contribution is -2.28. The molecule has 4 rings (SSSR count). The zero-order chi connectivity index (χ0) is 20.5. The van der Waals surface area contributed by atoms with Crippen molar-refractivity contribution in [3.05, 3.63) is 75.8 Å². The van der Waals surface area contributed by atoms with Gasteiger partial charge in [0.05, 0.1) is 16.4 Å². The molecule has 0 unspecified atom stereocenters. The average molecular weight is 413 g/mol. The summed E-state index contributed by atoms with van der Waals surface area (Å²) in [7, 11) is 0. The number of aromatic nitrogens is 5. The van der Waals surface area contributed by atoms with Crippen LogP contribution in [0.5, 0.6) is 0 Å². The van der Waals surface area contributed by atoms with Crippen LogP contribution in [0.4, 0.5) is 10.1 Å². The van der Waals surface area contributed by atoms with Crippen LogP contribution in [0.15, 0.2) is 53.5 Å². The fourth-order valence-electron chi connectivity index (χ4n) is 2.86. The predicted octanol–water partition coefficient (Wildman–Crippen LogP) is 2.69. The standard InChI is InChI=1S/C19H14ClFN6O2/c1-11-23-16(15-4-2-3-7-22-15)9-17-25-26(19(29)27(11)17)10-18(28)24-12-5-6-14(21)13(20)8-12/h2-9H,10H2,1H3,(H,24,28). The van der Waals surface area contributed by atoms with E-state index < -0.39 is 17.4 Å². The van der Waals surface area contributed by atoms with E-state index in [1.165, 1.54) is 16.5 Å². The molecule has 0 aliphatic heterocycles. The minimum Gasteiger partial charge on any atom is -0.324 e. The molecule has 0 saturated heterocycles. The zero-order valence-electron chi connectivity index (χ0n) is 15.1. The van der Waals surface area contributed by atoms with E-state index in [0.717, 1.165) is 10.7 Å². The van der Waals surface area contributed by atoms with Gasteiger partial charge in [-0.15, -0.1) is 5.10 Å². The fraction of sp³-hybridized carbons (Fsp3) is 0.105. The van der Waals surface area contributed by atoms with Gasteiger partial charge in [-0.25, -0.2) is 23.3 Å². The summed E-state index contributed by atoms with van der Waals surface area (Å²) in [6.07, 6.45) is 1.65. The van der Waals surface area contributed by atoms with Crippen molar-refractivity contribution in [2.45, 2.75) is 13.5 Å². The number of pyridine rings is 1. The lowest BCUT2D eigenvalue weighted by molar-refractivity contribution is -0.117.